The molecule has 1 N–H and O–H groups in total. The molecule has 3 rings (SSSR count). The standard InChI is InChI=1S/C17H11ClN2O4S/c18-13-4-2-1-3-12(13)15-19-20-17(24-15)25-14(16(22)23)9-10-5-7-11(21)8-6-10/h1-9,21H,(H,22,23)/p-1/b14-9+. The molecule has 0 unspecified atom stereocenters. The van der Waals surface area contributed by atoms with Crippen molar-refractivity contribution in [3.05, 3.63) is 64.0 Å². The molecule has 1 aromatic heterocycles. The van der Waals surface area contributed by atoms with E-state index < -0.39 is 5.97 Å². The third-order valence-corrected chi connectivity index (χ3v) is 4.28. The smallest absolute Gasteiger partial charge is 0.342 e. The van der Waals surface area contributed by atoms with E-state index in [1.54, 1.807) is 24.3 Å². The summed E-state index contributed by atoms with van der Waals surface area (Å²) < 4.78 is 5.49. The van der Waals surface area contributed by atoms with Crippen LogP contribution in [0.25, 0.3) is 17.5 Å². The molecule has 2 aromatic carbocycles. The summed E-state index contributed by atoms with van der Waals surface area (Å²) in [5.41, 5.74) is 1.14. The normalized spacial score (nSPS) is 11.5. The lowest BCUT2D eigenvalue weighted by molar-refractivity contribution is -0.268. The second-order valence-electron chi connectivity index (χ2n) is 4.84. The van der Waals surface area contributed by atoms with Crippen molar-refractivity contribution in [2.45, 2.75) is 5.22 Å². The Bertz CT molecular complexity index is 938. The highest BCUT2D eigenvalue weighted by Gasteiger charge is 2.17. The van der Waals surface area contributed by atoms with Crippen LogP contribution in [0.15, 0.2) is 63.1 Å². The Kier molecular flexibility index (Phi) is 5.06. The van der Waals surface area contributed by atoms with Gasteiger partial charge in [0, 0.05) is 0 Å². The molecule has 0 bridgehead atoms. The van der Waals surface area contributed by atoms with E-state index in [2.05, 4.69) is 10.2 Å². The largest absolute Gasteiger partial charge is 0.872 e. The van der Waals surface area contributed by atoms with Gasteiger partial charge in [0.25, 0.3) is 5.22 Å². The summed E-state index contributed by atoms with van der Waals surface area (Å²) >= 11 is 6.90. The third kappa shape index (κ3) is 4.20. The number of benzene rings is 2. The van der Waals surface area contributed by atoms with Gasteiger partial charge in [-0.2, -0.15) is 0 Å². The summed E-state index contributed by atoms with van der Waals surface area (Å²) in [6.07, 6.45) is 1.42. The summed E-state index contributed by atoms with van der Waals surface area (Å²) in [7, 11) is 0. The average molecular weight is 374 g/mol. The van der Waals surface area contributed by atoms with Crippen LogP contribution in [0.4, 0.5) is 0 Å². The quantitative estimate of drug-likeness (QED) is 0.537. The predicted molar refractivity (Wildman–Crippen MR) is 92.1 cm³/mol. The van der Waals surface area contributed by atoms with Crippen molar-refractivity contribution in [1.29, 1.82) is 0 Å². The maximum atomic E-state index is 11.4. The number of aromatic nitrogens is 2. The Morgan fingerprint density at radius 1 is 1.16 bits per heavy atom. The fourth-order valence-electron chi connectivity index (χ4n) is 1.94. The molecule has 6 nitrogen and oxygen atoms in total. The SMILES string of the molecule is O=C(O)/C(=C\c1ccc([O-])cc1)Sc1nnc(-c2ccccc2Cl)o1. The molecule has 0 saturated carbocycles. The van der Waals surface area contributed by atoms with Crippen LogP contribution in [-0.2, 0) is 4.79 Å². The molecule has 0 saturated heterocycles. The van der Waals surface area contributed by atoms with Crippen LogP contribution in [-0.4, -0.2) is 21.3 Å². The number of aliphatic carboxylic acids is 1. The Hall–Kier alpha value is -2.77. The van der Waals surface area contributed by atoms with Crippen molar-refractivity contribution in [3.8, 4) is 17.2 Å². The number of carbonyl (C=O) groups is 1. The molecule has 0 spiro atoms. The van der Waals surface area contributed by atoms with E-state index in [1.807, 2.05) is 0 Å². The lowest BCUT2D eigenvalue weighted by Gasteiger charge is -2.04. The summed E-state index contributed by atoms with van der Waals surface area (Å²) in [5, 5.41) is 28.7. The zero-order valence-corrected chi connectivity index (χ0v) is 14.1. The van der Waals surface area contributed by atoms with E-state index in [-0.39, 0.29) is 21.8 Å². The zero-order chi connectivity index (χ0) is 17.8. The van der Waals surface area contributed by atoms with E-state index in [0.717, 1.165) is 11.8 Å². The lowest BCUT2D eigenvalue weighted by Crippen LogP contribution is -1.97. The van der Waals surface area contributed by atoms with Crippen molar-refractivity contribution in [2.24, 2.45) is 0 Å². The number of carboxylic acids is 1. The number of hydrogen-bond acceptors (Lipinski definition) is 6. The molecule has 8 heteroatoms. The maximum Gasteiger partial charge on any atom is 0.342 e. The van der Waals surface area contributed by atoms with Crippen LogP contribution < -0.4 is 5.11 Å². The molecular formula is C17H10ClN2O4S-. The van der Waals surface area contributed by atoms with Gasteiger partial charge in [-0.05, 0) is 35.5 Å². The van der Waals surface area contributed by atoms with Gasteiger partial charge in [0.2, 0.25) is 5.89 Å². The molecule has 3 aromatic rings. The van der Waals surface area contributed by atoms with E-state index >= 15 is 0 Å². The molecule has 0 radical (unpaired) electrons. The van der Waals surface area contributed by atoms with Gasteiger partial charge in [-0.3, -0.25) is 0 Å². The van der Waals surface area contributed by atoms with Crippen LogP contribution >= 0.6 is 23.4 Å². The van der Waals surface area contributed by atoms with Gasteiger partial charge in [-0.25, -0.2) is 4.79 Å². The first-order valence-corrected chi connectivity index (χ1v) is 8.21. The first kappa shape index (κ1) is 17.1. The maximum absolute atomic E-state index is 11.4. The average Bonchev–Trinajstić information content (AvgIpc) is 3.05. The predicted octanol–water partition coefficient (Wildman–Crippen LogP) is 3.68. The minimum absolute atomic E-state index is 0.0204. The van der Waals surface area contributed by atoms with Crippen LogP contribution in [0.1, 0.15) is 5.56 Å². The van der Waals surface area contributed by atoms with Gasteiger partial charge in [0.1, 0.15) is 4.91 Å². The van der Waals surface area contributed by atoms with Gasteiger partial charge < -0.3 is 14.6 Å². The zero-order valence-electron chi connectivity index (χ0n) is 12.5. The Morgan fingerprint density at radius 3 is 2.56 bits per heavy atom. The highest BCUT2D eigenvalue weighted by atomic mass is 35.5. The Labute approximate surface area is 151 Å². The molecule has 0 amide bonds. The number of thioether (sulfide) groups is 1. The Morgan fingerprint density at radius 2 is 1.88 bits per heavy atom. The van der Waals surface area contributed by atoms with Crippen LogP contribution in [0.2, 0.25) is 5.02 Å². The number of carboxylic acid groups (broad SMARTS) is 1. The van der Waals surface area contributed by atoms with E-state index in [4.69, 9.17) is 16.0 Å². The molecule has 0 aliphatic heterocycles. The summed E-state index contributed by atoms with van der Waals surface area (Å²) in [4.78, 5) is 11.4. The topological polar surface area (TPSA) is 99.3 Å². The van der Waals surface area contributed by atoms with Crippen LogP contribution in [0, 0.1) is 0 Å². The molecule has 25 heavy (non-hydrogen) atoms. The van der Waals surface area contributed by atoms with Crippen LogP contribution in [0.3, 0.4) is 0 Å². The van der Waals surface area contributed by atoms with Crippen molar-refractivity contribution in [2.75, 3.05) is 0 Å². The monoisotopic (exact) mass is 373 g/mol. The van der Waals surface area contributed by atoms with Crippen LogP contribution in [0.5, 0.6) is 5.75 Å². The van der Waals surface area contributed by atoms with Gasteiger partial charge in [0.05, 0.1) is 10.6 Å². The molecule has 1 heterocycles. The van der Waals surface area contributed by atoms with Crippen molar-refractivity contribution < 1.29 is 19.4 Å². The second-order valence-corrected chi connectivity index (χ2v) is 6.24. The van der Waals surface area contributed by atoms with Gasteiger partial charge >= 0.3 is 5.97 Å². The minimum Gasteiger partial charge on any atom is -0.872 e. The number of rotatable bonds is 5. The molecule has 0 atom stereocenters. The highest BCUT2D eigenvalue weighted by Crippen LogP contribution is 2.32. The molecule has 0 aliphatic carbocycles. The minimum atomic E-state index is -1.14. The number of halogens is 1. The fourth-order valence-corrected chi connectivity index (χ4v) is 2.83. The van der Waals surface area contributed by atoms with Crippen molar-refractivity contribution in [1.82, 2.24) is 10.2 Å². The summed E-state index contributed by atoms with van der Waals surface area (Å²) in [6.45, 7) is 0. The van der Waals surface area contributed by atoms with E-state index in [9.17, 15) is 15.0 Å². The molecule has 0 fully saturated rings. The number of nitrogens with zero attached hydrogens (tertiary/aromatic N) is 2. The molecular weight excluding hydrogens is 364 g/mol. The second kappa shape index (κ2) is 7.42. The Balaban J connectivity index is 1.85. The first-order chi connectivity index (χ1) is 12.0. The lowest BCUT2D eigenvalue weighted by atomic mass is 10.2. The molecule has 126 valence electrons. The van der Waals surface area contributed by atoms with E-state index in [1.165, 1.54) is 30.3 Å². The van der Waals surface area contributed by atoms with E-state index in [0.29, 0.717) is 16.1 Å². The van der Waals surface area contributed by atoms with Gasteiger partial charge in [-0.15, -0.1) is 15.9 Å². The fraction of sp³-hybridized carbons (Fsp3) is 0. The summed E-state index contributed by atoms with van der Waals surface area (Å²) in [6, 6.07) is 12.8. The van der Waals surface area contributed by atoms with Gasteiger partial charge in [0.15, 0.2) is 0 Å². The summed E-state index contributed by atoms with van der Waals surface area (Å²) in [5.74, 6) is -1.09. The number of hydrogen-bond donors (Lipinski definition) is 1. The molecule has 0 aliphatic rings. The third-order valence-electron chi connectivity index (χ3n) is 3.10. The highest BCUT2D eigenvalue weighted by molar-refractivity contribution is 8.03. The van der Waals surface area contributed by atoms with Crippen molar-refractivity contribution >= 4 is 35.4 Å². The first-order valence-electron chi connectivity index (χ1n) is 7.01. The van der Waals surface area contributed by atoms with Crippen molar-refractivity contribution in [3.63, 3.8) is 0 Å². The van der Waals surface area contributed by atoms with Gasteiger partial charge in [-0.1, -0.05) is 48.0 Å².